The van der Waals surface area contributed by atoms with Gasteiger partial charge < -0.3 is 36.6 Å². The van der Waals surface area contributed by atoms with E-state index in [-0.39, 0.29) is 37.8 Å². The van der Waals surface area contributed by atoms with Gasteiger partial charge >= 0.3 is 0 Å². The maximum Gasteiger partial charge on any atom is 0.290 e. The Hall–Kier alpha value is -5.89. The standard InChI is InChI=1S/C45H56N6O8/c1-4-15-34(40(53)44(57)47-25-36(52)49-38(41(46)54)31-20-10-6-11-21-31)48-42(55)35-24-33(59-27-30-18-8-5-9-19-30)26-51(35)45(58)39(32-22-12-7-13-23-32)50-43(56)37-28(2)16-14-17-29(37)3/h5-6,8-11,14,16-21,32-35,38-39H,4,7,12-13,15,22-27H2,1-3H3,(H2,46,54)(H,47,57)(H,48,55)(H,49,52)(H,50,56). The summed E-state index contributed by atoms with van der Waals surface area (Å²) < 4.78 is 6.26. The van der Waals surface area contributed by atoms with E-state index in [4.69, 9.17) is 10.5 Å². The van der Waals surface area contributed by atoms with E-state index in [1.54, 1.807) is 37.3 Å². The number of nitrogens with two attached hydrogens (primary N) is 1. The molecule has 0 aromatic heterocycles. The van der Waals surface area contributed by atoms with Crippen LogP contribution in [-0.2, 0) is 40.1 Å². The maximum atomic E-state index is 14.8. The summed E-state index contributed by atoms with van der Waals surface area (Å²) in [6.07, 6.45) is 4.41. The van der Waals surface area contributed by atoms with Crippen molar-refractivity contribution in [2.75, 3.05) is 13.1 Å². The average molecular weight is 809 g/mol. The minimum atomic E-state index is -1.27. The highest BCUT2D eigenvalue weighted by molar-refractivity contribution is 6.38. The first-order valence-electron chi connectivity index (χ1n) is 20.5. The number of hydrogen-bond donors (Lipinski definition) is 5. The lowest BCUT2D eigenvalue weighted by Gasteiger charge is -2.35. The van der Waals surface area contributed by atoms with Gasteiger partial charge in [-0.15, -0.1) is 0 Å². The molecule has 314 valence electrons. The molecule has 1 aliphatic heterocycles. The molecule has 59 heavy (non-hydrogen) atoms. The Morgan fingerprint density at radius 3 is 2.08 bits per heavy atom. The molecule has 0 radical (unpaired) electrons. The molecule has 5 rings (SSSR count). The van der Waals surface area contributed by atoms with Crippen LogP contribution < -0.4 is 27.0 Å². The van der Waals surface area contributed by atoms with E-state index in [9.17, 15) is 33.6 Å². The quantitative estimate of drug-likeness (QED) is 0.120. The minimum absolute atomic E-state index is 0.0729. The van der Waals surface area contributed by atoms with Crippen LogP contribution in [0.2, 0.25) is 0 Å². The SMILES string of the molecule is CCCC(NC(=O)C1CC(OCc2ccccc2)CN1C(=O)C(NC(=O)c1c(C)cccc1C)C1CCCCC1)C(=O)C(=O)NCC(=O)NC(C(N)=O)c1ccccc1. The van der Waals surface area contributed by atoms with Crippen molar-refractivity contribution in [3.05, 3.63) is 107 Å². The van der Waals surface area contributed by atoms with Crippen molar-refractivity contribution < 1.29 is 38.3 Å². The number of hydrogen-bond acceptors (Lipinski definition) is 8. The van der Waals surface area contributed by atoms with Crippen LogP contribution >= 0.6 is 0 Å². The van der Waals surface area contributed by atoms with E-state index in [0.717, 1.165) is 48.8 Å². The molecule has 5 unspecified atom stereocenters. The fourth-order valence-electron chi connectivity index (χ4n) is 8.02. The van der Waals surface area contributed by atoms with Gasteiger partial charge in [-0.1, -0.05) is 111 Å². The number of aryl methyl sites for hydroxylation is 2. The number of carbonyl (C=O) groups is 7. The molecule has 0 bridgehead atoms. The van der Waals surface area contributed by atoms with E-state index in [1.807, 2.05) is 62.4 Å². The zero-order chi connectivity index (χ0) is 42.5. The highest BCUT2D eigenvalue weighted by Crippen LogP contribution is 2.31. The predicted octanol–water partition coefficient (Wildman–Crippen LogP) is 3.48. The molecule has 3 aromatic rings. The molecule has 5 atom stereocenters. The number of amides is 6. The molecule has 3 aromatic carbocycles. The Balaban J connectivity index is 1.32. The molecular weight excluding hydrogens is 753 g/mol. The van der Waals surface area contributed by atoms with Gasteiger partial charge in [-0.3, -0.25) is 33.6 Å². The number of ketones is 1. The van der Waals surface area contributed by atoms with Gasteiger partial charge in [0.2, 0.25) is 29.4 Å². The van der Waals surface area contributed by atoms with Crippen molar-refractivity contribution >= 4 is 41.2 Å². The van der Waals surface area contributed by atoms with Crippen molar-refractivity contribution in [1.29, 1.82) is 0 Å². The number of rotatable bonds is 18. The normalized spacial score (nSPS) is 18.2. The summed E-state index contributed by atoms with van der Waals surface area (Å²) in [5, 5.41) is 10.6. The summed E-state index contributed by atoms with van der Waals surface area (Å²) in [6, 6.07) is 19.0. The summed E-state index contributed by atoms with van der Waals surface area (Å²) >= 11 is 0. The molecule has 1 heterocycles. The van der Waals surface area contributed by atoms with Crippen LogP contribution in [0, 0.1) is 19.8 Å². The first-order chi connectivity index (χ1) is 28.4. The fraction of sp³-hybridized carbons (Fsp3) is 0.444. The highest BCUT2D eigenvalue weighted by atomic mass is 16.5. The Kier molecular flexibility index (Phi) is 15.9. The number of primary amides is 1. The van der Waals surface area contributed by atoms with E-state index in [2.05, 4.69) is 21.3 Å². The first-order valence-corrected chi connectivity index (χ1v) is 20.5. The van der Waals surface area contributed by atoms with Gasteiger partial charge in [0.15, 0.2) is 0 Å². The van der Waals surface area contributed by atoms with Crippen LogP contribution in [0.3, 0.4) is 0 Å². The molecule has 0 spiro atoms. The van der Waals surface area contributed by atoms with Gasteiger partial charge in [0.05, 0.1) is 25.3 Å². The van der Waals surface area contributed by atoms with Gasteiger partial charge in [0.1, 0.15) is 18.1 Å². The molecule has 1 aliphatic carbocycles. The molecular formula is C45H56N6O8. The number of carbonyl (C=O) groups excluding carboxylic acids is 7. The maximum absolute atomic E-state index is 14.8. The van der Waals surface area contributed by atoms with Gasteiger partial charge in [-0.2, -0.15) is 0 Å². The van der Waals surface area contributed by atoms with Crippen LogP contribution in [0.1, 0.15) is 96.9 Å². The fourth-order valence-corrected chi connectivity index (χ4v) is 8.02. The summed E-state index contributed by atoms with van der Waals surface area (Å²) in [6.45, 7) is 5.18. The molecule has 6 N–H and O–H groups in total. The number of nitrogens with zero attached hydrogens (tertiary/aromatic N) is 1. The lowest BCUT2D eigenvalue weighted by atomic mass is 9.83. The lowest BCUT2D eigenvalue weighted by molar-refractivity contribution is -0.143. The first kappa shape index (κ1) is 44.2. The zero-order valence-electron chi connectivity index (χ0n) is 34.0. The summed E-state index contributed by atoms with van der Waals surface area (Å²) in [5.74, 6) is -5.21. The Morgan fingerprint density at radius 2 is 1.46 bits per heavy atom. The van der Waals surface area contributed by atoms with Crippen LogP contribution in [0.4, 0.5) is 0 Å². The predicted molar refractivity (Wildman–Crippen MR) is 220 cm³/mol. The van der Waals surface area contributed by atoms with E-state index >= 15 is 0 Å². The van der Waals surface area contributed by atoms with Crippen LogP contribution in [0.25, 0.3) is 0 Å². The van der Waals surface area contributed by atoms with E-state index < -0.39 is 72.1 Å². The second kappa shape index (κ2) is 21.2. The van der Waals surface area contributed by atoms with Crippen molar-refractivity contribution in [2.45, 2.75) is 109 Å². The van der Waals surface area contributed by atoms with E-state index in [0.29, 0.717) is 17.5 Å². The third-order valence-corrected chi connectivity index (χ3v) is 11.1. The van der Waals surface area contributed by atoms with Gasteiger partial charge in [0, 0.05) is 18.5 Å². The minimum Gasteiger partial charge on any atom is -0.372 e. The van der Waals surface area contributed by atoms with Gasteiger partial charge in [-0.05, 0) is 61.3 Å². The molecule has 2 aliphatic rings. The summed E-state index contributed by atoms with van der Waals surface area (Å²) in [5.41, 5.74) is 8.92. The molecule has 14 nitrogen and oxygen atoms in total. The smallest absolute Gasteiger partial charge is 0.290 e. The summed E-state index contributed by atoms with van der Waals surface area (Å²) in [7, 11) is 0. The number of likely N-dealkylation sites (tertiary alicyclic amines) is 1. The third-order valence-electron chi connectivity index (χ3n) is 11.1. The van der Waals surface area contributed by atoms with Crippen molar-refractivity contribution in [2.24, 2.45) is 11.7 Å². The molecule has 1 saturated heterocycles. The Bertz CT molecular complexity index is 1950. The second-order valence-electron chi connectivity index (χ2n) is 15.5. The Labute approximate surface area is 345 Å². The lowest BCUT2D eigenvalue weighted by Crippen LogP contribution is -2.58. The van der Waals surface area contributed by atoms with Crippen molar-refractivity contribution in [3.63, 3.8) is 0 Å². The molecule has 1 saturated carbocycles. The number of nitrogens with one attached hydrogen (secondary N) is 4. The van der Waals surface area contributed by atoms with Crippen molar-refractivity contribution in [3.8, 4) is 0 Å². The van der Waals surface area contributed by atoms with Crippen LogP contribution in [0.15, 0.2) is 78.9 Å². The molecule has 14 heteroatoms. The van der Waals surface area contributed by atoms with E-state index in [1.165, 1.54) is 4.90 Å². The zero-order valence-corrected chi connectivity index (χ0v) is 34.0. The van der Waals surface area contributed by atoms with Crippen LogP contribution in [0.5, 0.6) is 0 Å². The van der Waals surface area contributed by atoms with Gasteiger partial charge in [-0.25, -0.2) is 0 Å². The van der Waals surface area contributed by atoms with Crippen molar-refractivity contribution in [1.82, 2.24) is 26.2 Å². The summed E-state index contributed by atoms with van der Waals surface area (Å²) in [4.78, 5) is 95.9. The number of ether oxygens (including phenoxy) is 1. The molecule has 6 amide bonds. The largest absolute Gasteiger partial charge is 0.372 e. The number of Topliss-reactive ketones (excluding diaryl/α,β-unsaturated/α-hetero) is 1. The average Bonchev–Trinajstić information content (AvgIpc) is 3.68. The Morgan fingerprint density at radius 1 is 0.814 bits per heavy atom. The number of benzene rings is 3. The van der Waals surface area contributed by atoms with Gasteiger partial charge in [0.25, 0.3) is 11.8 Å². The molecule has 2 fully saturated rings. The van der Waals surface area contributed by atoms with Crippen LogP contribution in [-0.4, -0.2) is 83.4 Å². The monoisotopic (exact) mass is 808 g/mol. The second-order valence-corrected chi connectivity index (χ2v) is 15.5. The highest BCUT2D eigenvalue weighted by Gasteiger charge is 2.45. The third kappa shape index (κ3) is 11.8. The topological polar surface area (TPSA) is 206 Å².